The summed E-state index contributed by atoms with van der Waals surface area (Å²) in [7, 11) is 3.32. The molecule has 0 aliphatic carbocycles. The van der Waals surface area contributed by atoms with Gasteiger partial charge < -0.3 is 13.9 Å². The maximum Gasteiger partial charge on any atom is 0.227 e. The van der Waals surface area contributed by atoms with Crippen molar-refractivity contribution in [3.63, 3.8) is 0 Å². The summed E-state index contributed by atoms with van der Waals surface area (Å²) in [5, 5.41) is 0. The third-order valence-corrected chi connectivity index (χ3v) is 5.48. The molecule has 2 aromatic heterocycles. The van der Waals surface area contributed by atoms with Crippen LogP contribution < -0.4 is 9.47 Å². The van der Waals surface area contributed by atoms with Gasteiger partial charge in [0.05, 0.1) is 31.2 Å². The minimum atomic E-state index is 0.576. The first-order valence-electron chi connectivity index (χ1n) is 10.3. The second-order valence-corrected chi connectivity index (χ2v) is 7.44. The van der Waals surface area contributed by atoms with Gasteiger partial charge in [0.2, 0.25) is 5.89 Å². The van der Waals surface area contributed by atoms with Crippen molar-refractivity contribution in [1.82, 2.24) is 9.97 Å². The lowest BCUT2D eigenvalue weighted by Gasteiger charge is -2.12. The van der Waals surface area contributed by atoms with Crippen LogP contribution in [0, 0.1) is 6.92 Å². The Kier molecular flexibility index (Phi) is 5.07. The van der Waals surface area contributed by atoms with Crippen LogP contribution in [0.3, 0.4) is 0 Å². The number of aromatic nitrogens is 2. The fraction of sp³-hybridized carbons (Fsp3) is 0.111. The van der Waals surface area contributed by atoms with Crippen molar-refractivity contribution in [3.05, 3.63) is 84.6 Å². The fourth-order valence-electron chi connectivity index (χ4n) is 3.81. The molecule has 5 rings (SSSR count). The van der Waals surface area contributed by atoms with Gasteiger partial charge in [-0.15, -0.1) is 0 Å². The van der Waals surface area contributed by atoms with E-state index in [4.69, 9.17) is 23.9 Å². The molecule has 0 radical (unpaired) electrons. The topological polar surface area (TPSA) is 57.4 Å². The van der Waals surface area contributed by atoms with Crippen LogP contribution in [-0.2, 0) is 0 Å². The average molecular weight is 422 g/mol. The van der Waals surface area contributed by atoms with E-state index in [1.165, 1.54) is 0 Å². The van der Waals surface area contributed by atoms with Crippen molar-refractivity contribution in [2.75, 3.05) is 14.2 Å². The Bertz CT molecular complexity index is 1370. The Morgan fingerprint density at radius 3 is 1.84 bits per heavy atom. The number of hydrogen-bond donors (Lipinski definition) is 0. The van der Waals surface area contributed by atoms with E-state index in [-0.39, 0.29) is 0 Å². The molecule has 0 atom stereocenters. The molecule has 3 aromatic carbocycles. The predicted octanol–water partition coefficient (Wildman–Crippen LogP) is 6.55. The SMILES string of the molecule is COc1ccc(-c2nc(C)c3nc(-c4ccccc4)oc3c2-c2ccc(OC)cc2)cc1. The largest absolute Gasteiger partial charge is 0.497 e. The molecule has 0 bridgehead atoms. The van der Waals surface area contributed by atoms with Crippen LogP contribution in [0.2, 0.25) is 0 Å². The summed E-state index contributed by atoms with van der Waals surface area (Å²) in [6, 6.07) is 25.7. The third-order valence-electron chi connectivity index (χ3n) is 5.48. The minimum absolute atomic E-state index is 0.576. The summed E-state index contributed by atoms with van der Waals surface area (Å²) in [5.74, 6) is 2.16. The van der Waals surface area contributed by atoms with Crippen molar-refractivity contribution >= 4 is 11.1 Å². The number of nitrogens with zero attached hydrogens (tertiary/aromatic N) is 2. The van der Waals surface area contributed by atoms with E-state index in [9.17, 15) is 0 Å². The molecule has 5 aromatic rings. The van der Waals surface area contributed by atoms with E-state index in [0.29, 0.717) is 11.5 Å². The van der Waals surface area contributed by atoms with E-state index < -0.39 is 0 Å². The maximum absolute atomic E-state index is 6.38. The zero-order chi connectivity index (χ0) is 22.1. The Hall–Kier alpha value is -4.12. The van der Waals surface area contributed by atoms with E-state index in [1.54, 1.807) is 14.2 Å². The van der Waals surface area contributed by atoms with Gasteiger partial charge in [0.15, 0.2) is 5.58 Å². The number of fused-ring (bicyclic) bond motifs is 1. The molecular formula is C27H22N2O3. The van der Waals surface area contributed by atoms with E-state index in [1.807, 2.05) is 85.8 Å². The van der Waals surface area contributed by atoms with Crippen LogP contribution in [0.5, 0.6) is 11.5 Å². The molecule has 0 spiro atoms. The van der Waals surface area contributed by atoms with Gasteiger partial charge in [-0.2, -0.15) is 0 Å². The van der Waals surface area contributed by atoms with Gasteiger partial charge in [-0.05, 0) is 61.0 Å². The van der Waals surface area contributed by atoms with Crippen molar-refractivity contribution in [2.45, 2.75) is 6.92 Å². The summed E-state index contributed by atoms with van der Waals surface area (Å²) < 4.78 is 17.1. The molecule has 2 heterocycles. The molecule has 0 amide bonds. The maximum atomic E-state index is 6.38. The van der Waals surface area contributed by atoms with Crippen LogP contribution >= 0.6 is 0 Å². The Balaban J connectivity index is 1.79. The molecule has 5 heteroatoms. The quantitative estimate of drug-likeness (QED) is 0.321. The van der Waals surface area contributed by atoms with E-state index >= 15 is 0 Å². The van der Waals surface area contributed by atoms with Crippen molar-refractivity contribution in [2.24, 2.45) is 0 Å². The highest BCUT2D eigenvalue weighted by Gasteiger charge is 2.21. The second-order valence-electron chi connectivity index (χ2n) is 7.44. The Morgan fingerprint density at radius 2 is 1.25 bits per heavy atom. The highest BCUT2D eigenvalue weighted by Crippen LogP contribution is 2.40. The summed E-state index contributed by atoms with van der Waals surface area (Å²) in [4.78, 5) is 9.75. The van der Waals surface area contributed by atoms with Crippen molar-refractivity contribution < 1.29 is 13.9 Å². The van der Waals surface area contributed by atoms with Gasteiger partial charge >= 0.3 is 0 Å². The number of rotatable bonds is 5. The number of hydrogen-bond acceptors (Lipinski definition) is 5. The highest BCUT2D eigenvalue weighted by atomic mass is 16.5. The first kappa shape index (κ1) is 19.8. The molecule has 5 nitrogen and oxygen atoms in total. The first-order chi connectivity index (χ1) is 15.7. The number of benzene rings is 3. The Morgan fingerprint density at radius 1 is 0.656 bits per heavy atom. The minimum Gasteiger partial charge on any atom is -0.497 e. The molecule has 0 N–H and O–H groups in total. The van der Waals surface area contributed by atoms with Crippen LogP contribution in [0.1, 0.15) is 5.69 Å². The molecule has 32 heavy (non-hydrogen) atoms. The lowest BCUT2D eigenvalue weighted by molar-refractivity contribution is 0.414. The molecule has 0 aliphatic rings. The summed E-state index contributed by atoms with van der Waals surface area (Å²) in [6.45, 7) is 1.96. The van der Waals surface area contributed by atoms with Gasteiger partial charge in [-0.3, -0.25) is 0 Å². The van der Waals surface area contributed by atoms with Crippen molar-refractivity contribution in [1.29, 1.82) is 0 Å². The zero-order valence-corrected chi connectivity index (χ0v) is 18.1. The first-order valence-corrected chi connectivity index (χ1v) is 10.3. The average Bonchev–Trinajstić information content (AvgIpc) is 3.31. The van der Waals surface area contributed by atoms with Crippen LogP contribution in [0.4, 0.5) is 0 Å². The molecule has 0 saturated carbocycles. The molecule has 0 fully saturated rings. The highest BCUT2D eigenvalue weighted by molar-refractivity contribution is 5.99. The third kappa shape index (κ3) is 3.48. The second kappa shape index (κ2) is 8.19. The summed E-state index contributed by atoms with van der Waals surface area (Å²) in [6.07, 6.45) is 0. The Labute approximate surface area is 186 Å². The smallest absolute Gasteiger partial charge is 0.227 e. The number of ether oxygens (including phenoxy) is 2. The summed E-state index contributed by atoms with van der Waals surface area (Å²) >= 11 is 0. The standard InChI is InChI=1S/C27H22N2O3/c1-17-24-26(32-27(29-24)20-7-5-4-6-8-20)23(18-9-13-21(30-2)14-10-18)25(28-17)19-11-15-22(31-3)16-12-19/h4-16H,1-3H3. The normalized spacial score (nSPS) is 11.0. The molecular weight excluding hydrogens is 400 g/mol. The molecule has 0 aliphatic heterocycles. The van der Waals surface area contributed by atoms with Gasteiger partial charge in [0.25, 0.3) is 0 Å². The van der Waals surface area contributed by atoms with Gasteiger partial charge in [0.1, 0.15) is 17.0 Å². The lowest BCUT2D eigenvalue weighted by Crippen LogP contribution is -1.95. The molecule has 0 saturated heterocycles. The number of methoxy groups -OCH3 is 2. The van der Waals surface area contributed by atoms with Gasteiger partial charge in [0, 0.05) is 11.1 Å². The lowest BCUT2D eigenvalue weighted by atomic mass is 9.97. The van der Waals surface area contributed by atoms with Crippen LogP contribution in [-0.4, -0.2) is 24.2 Å². The zero-order valence-electron chi connectivity index (χ0n) is 18.1. The number of aryl methyl sites for hydroxylation is 1. The number of pyridine rings is 1. The fourth-order valence-corrected chi connectivity index (χ4v) is 3.81. The van der Waals surface area contributed by atoms with Crippen LogP contribution in [0.15, 0.2) is 83.3 Å². The monoisotopic (exact) mass is 422 g/mol. The van der Waals surface area contributed by atoms with Gasteiger partial charge in [-0.25, -0.2) is 9.97 Å². The predicted molar refractivity (Wildman–Crippen MR) is 126 cm³/mol. The summed E-state index contributed by atoms with van der Waals surface area (Å²) in [5.41, 5.74) is 6.89. The molecule has 158 valence electrons. The van der Waals surface area contributed by atoms with E-state index in [2.05, 4.69) is 0 Å². The molecule has 0 unspecified atom stereocenters. The number of oxazole rings is 1. The van der Waals surface area contributed by atoms with Crippen molar-refractivity contribution in [3.8, 4) is 45.3 Å². The van der Waals surface area contributed by atoms with Gasteiger partial charge in [-0.1, -0.05) is 30.3 Å². The van der Waals surface area contributed by atoms with E-state index in [0.717, 1.165) is 50.7 Å². The van der Waals surface area contributed by atoms with Crippen LogP contribution in [0.25, 0.3) is 44.9 Å².